The van der Waals surface area contributed by atoms with Crippen molar-refractivity contribution in [1.29, 1.82) is 0 Å². The Morgan fingerprint density at radius 3 is 2.10 bits per heavy atom. The lowest BCUT2D eigenvalue weighted by atomic mass is 9.94. The van der Waals surface area contributed by atoms with Gasteiger partial charge in [0.1, 0.15) is 24.2 Å². The van der Waals surface area contributed by atoms with Crippen LogP contribution < -0.4 is 16.0 Å². The maximum Gasteiger partial charge on any atom is 0.329 e. The van der Waals surface area contributed by atoms with Gasteiger partial charge in [0.25, 0.3) is 0 Å². The largest absolute Gasteiger partial charge is 0.460 e. The summed E-state index contributed by atoms with van der Waals surface area (Å²) >= 11 is 0. The molecule has 0 aliphatic carbocycles. The summed E-state index contributed by atoms with van der Waals surface area (Å²) in [4.78, 5) is 51.3. The second kappa shape index (κ2) is 12.7. The Labute approximate surface area is 186 Å². The van der Waals surface area contributed by atoms with E-state index in [-0.39, 0.29) is 30.1 Å². The molecule has 2 unspecified atom stereocenters. The third-order valence-electron chi connectivity index (χ3n) is 6.08. The SMILES string of the molecule is CCCCC(C)C1CC(=O)N[C@@H](C(C)C)C(=O)N[C@@H](C)C(=O)N[C@H]([C@@H](C)CC)C(=O)O1. The number of unbranched alkanes of at least 4 members (excludes halogenated alkanes) is 1. The normalized spacial score (nSPS) is 28.3. The number of nitrogens with one attached hydrogen (secondary N) is 3. The van der Waals surface area contributed by atoms with E-state index < -0.39 is 42.0 Å². The Hall–Kier alpha value is -2.12. The van der Waals surface area contributed by atoms with Gasteiger partial charge < -0.3 is 20.7 Å². The van der Waals surface area contributed by atoms with Crippen molar-refractivity contribution < 1.29 is 23.9 Å². The first-order valence-electron chi connectivity index (χ1n) is 11.6. The van der Waals surface area contributed by atoms with E-state index in [4.69, 9.17) is 4.74 Å². The van der Waals surface area contributed by atoms with E-state index in [1.807, 2.05) is 34.6 Å². The lowest BCUT2D eigenvalue weighted by molar-refractivity contribution is -0.158. The number of hydrogen-bond acceptors (Lipinski definition) is 5. The molecular formula is C23H41N3O5. The lowest BCUT2D eigenvalue weighted by Crippen LogP contribution is -2.56. The van der Waals surface area contributed by atoms with Crippen LogP contribution in [0.3, 0.4) is 0 Å². The van der Waals surface area contributed by atoms with Crippen molar-refractivity contribution in [1.82, 2.24) is 16.0 Å². The highest BCUT2D eigenvalue weighted by atomic mass is 16.5. The first kappa shape index (κ1) is 26.9. The second-order valence-corrected chi connectivity index (χ2v) is 9.19. The van der Waals surface area contributed by atoms with Gasteiger partial charge in [0, 0.05) is 0 Å². The Bertz CT molecular complexity index is 637. The number of amides is 3. The van der Waals surface area contributed by atoms with Crippen molar-refractivity contribution in [2.45, 2.75) is 105 Å². The van der Waals surface area contributed by atoms with Gasteiger partial charge in [-0.1, -0.05) is 60.8 Å². The van der Waals surface area contributed by atoms with Crippen molar-refractivity contribution in [3.05, 3.63) is 0 Å². The molecule has 0 radical (unpaired) electrons. The Balaban J connectivity index is 3.28. The van der Waals surface area contributed by atoms with Gasteiger partial charge in [0.15, 0.2) is 0 Å². The van der Waals surface area contributed by atoms with Crippen LogP contribution >= 0.6 is 0 Å². The van der Waals surface area contributed by atoms with Crippen LogP contribution in [0.15, 0.2) is 0 Å². The maximum atomic E-state index is 13.0. The van der Waals surface area contributed by atoms with Crippen LogP contribution in [0.5, 0.6) is 0 Å². The highest BCUT2D eigenvalue weighted by Crippen LogP contribution is 2.21. The Morgan fingerprint density at radius 2 is 1.55 bits per heavy atom. The van der Waals surface area contributed by atoms with Gasteiger partial charge in [-0.3, -0.25) is 14.4 Å². The van der Waals surface area contributed by atoms with E-state index in [0.29, 0.717) is 6.42 Å². The summed E-state index contributed by atoms with van der Waals surface area (Å²) in [7, 11) is 0. The molecule has 0 aromatic heterocycles. The third kappa shape index (κ3) is 8.15. The molecule has 1 aliphatic rings. The molecule has 1 rings (SSSR count). The van der Waals surface area contributed by atoms with Gasteiger partial charge in [-0.05, 0) is 31.1 Å². The molecule has 0 aromatic carbocycles. The van der Waals surface area contributed by atoms with Gasteiger partial charge in [0.2, 0.25) is 17.7 Å². The fourth-order valence-corrected chi connectivity index (χ4v) is 3.56. The summed E-state index contributed by atoms with van der Waals surface area (Å²) in [6.07, 6.45) is 2.77. The number of esters is 1. The van der Waals surface area contributed by atoms with E-state index in [0.717, 1.165) is 19.3 Å². The van der Waals surface area contributed by atoms with Crippen LogP contribution in [0, 0.1) is 17.8 Å². The fraction of sp³-hybridized carbons (Fsp3) is 0.826. The van der Waals surface area contributed by atoms with E-state index in [2.05, 4.69) is 22.9 Å². The molecular weight excluding hydrogens is 398 g/mol. The molecule has 0 aromatic rings. The number of hydrogen-bond donors (Lipinski definition) is 3. The number of carbonyl (C=O) groups excluding carboxylic acids is 4. The zero-order valence-electron chi connectivity index (χ0n) is 20.1. The van der Waals surface area contributed by atoms with Crippen LogP contribution in [0.1, 0.15) is 80.6 Å². The second-order valence-electron chi connectivity index (χ2n) is 9.19. The minimum Gasteiger partial charge on any atom is -0.460 e. The molecule has 6 atom stereocenters. The van der Waals surface area contributed by atoms with Crippen LogP contribution in [-0.4, -0.2) is 47.9 Å². The number of carbonyl (C=O) groups is 4. The topological polar surface area (TPSA) is 114 Å². The molecule has 8 nitrogen and oxygen atoms in total. The molecule has 0 saturated carbocycles. The minimum atomic E-state index is -0.856. The molecule has 8 heteroatoms. The molecule has 1 fully saturated rings. The molecule has 1 aliphatic heterocycles. The van der Waals surface area contributed by atoms with Gasteiger partial charge >= 0.3 is 5.97 Å². The monoisotopic (exact) mass is 439 g/mol. The average Bonchev–Trinajstić information content (AvgIpc) is 2.71. The van der Waals surface area contributed by atoms with E-state index >= 15 is 0 Å². The standard InChI is InChI=1S/C23H41N3O5/c1-8-10-11-15(6)17-12-18(27)25-19(13(3)4)22(29)24-16(7)21(28)26-20(14(5)9-2)23(30)31-17/h13-17,19-20H,8-12H2,1-7H3,(H,24,29)(H,25,27)(H,26,28)/t14-,15?,16-,17?,19-,20+/m0/s1. The van der Waals surface area contributed by atoms with Crippen LogP contribution in [-0.2, 0) is 23.9 Å². The highest BCUT2D eigenvalue weighted by Gasteiger charge is 2.35. The molecule has 1 heterocycles. The van der Waals surface area contributed by atoms with Crippen molar-refractivity contribution >= 4 is 23.7 Å². The molecule has 3 amide bonds. The number of ether oxygens (including phenoxy) is 1. The van der Waals surface area contributed by atoms with Gasteiger partial charge in [-0.25, -0.2) is 4.79 Å². The predicted molar refractivity (Wildman–Crippen MR) is 119 cm³/mol. The first-order valence-corrected chi connectivity index (χ1v) is 11.6. The maximum absolute atomic E-state index is 13.0. The molecule has 178 valence electrons. The summed E-state index contributed by atoms with van der Waals surface area (Å²) in [5.74, 6) is -2.13. The summed E-state index contributed by atoms with van der Waals surface area (Å²) in [5.41, 5.74) is 0. The first-order chi connectivity index (χ1) is 14.5. The quantitative estimate of drug-likeness (QED) is 0.527. The van der Waals surface area contributed by atoms with Crippen LogP contribution in [0.2, 0.25) is 0 Å². The van der Waals surface area contributed by atoms with Gasteiger partial charge in [0.05, 0.1) is 6.42 Å². The zero-order valence-corrected chi connectivity index (χ0v) is 20.1. The summed E-state index contributed by atoms with van der Waals surface area (Å²) in [5, 5.41) is 8.17. The zero-order chi connectivity index (χ0) is 23.7. The Morgan fingerprint density at radius 1 is 0.903 bits per heavy atom. The molecule has 0 bridgehead atoms. The minimum absolute atomic E-state index is 0.0240. The predicted octanol–water partition coefficient (Wildman–Crippen LogP) is 2.30. The fourth-order valence-electron chi connectivity index (χ4n) is 3.56. The smallest absolute Gasteiger partial charge is 0.329 e. The van der Waals surface area contributed by atoms with Gasteiger partial charge in [-0.2, -0.15) is 0 Å². The Kier molecular flexibility index (Phi) is 11.0. The highest BCUT2D eigenvalue weighted by molar-refractivity contribution is 5.94. The summed E-state index contributed by atoms with van der Waals surface area (Å²) in [6.45, 7) is 13.0. The average molecular weight is 440 g/mol. The van der Waals surface area contributed by atoms with Crippen LogP contribution in [0.25, 0.3) is 0 Å². The number of rotatable bonds is 7. The molecule has 3 N–H and O–H groups in total. The summed E-state index contributed by atoms with van der Waals surface area (Å²) < 4.78 is 5.82. The van der Waals surface area contributed by atoms with E-state index in [1.54, 1.807) is 6.92 Å². The third-order valence-corrected chi connectivity index (χ3v) is 6.08. The summed E-state index contributed by atoms with van der Waals surface area (Å²) in [6, 6.07) is -2.48. The van der Waals surface area contributed by atoms with Gasteiger partial charge in [-0.15, -0.1) is 0 Å². The van der Waals surface area contributed by atoms with Crippen molar-refractivity contribution in [3.63, 3.8) is 0 Å². The van der Waals surface area contributed by atoms with E-state index in [1.165, 1.54) is 0 Å². The lowest BCUT2D eigenvalue weighted by Gasteiger charge is -2.29. The van der Waals surface area contributed by atoms with Crippen molar-refractivity contribution in [3.8, 4) is 0 Å². The molecule has 0 spiro atoms. The molecule has 1 saturated heterocycles. The molecule has 31 heavy (non-hydrogen) atoms. The van der Waals surface area contributed by atoms with Crippen LogP contribution in [0.4, 0.5) is 0 Å². The van der Waals surface area contributed by atoms with Crippen molar-refractivity contribution in [2.24, 2.45) is 17.8 Å². The van der Waals surface area contributed by atoms with Crippen molar-refractivity contribution in [2.75, 3.05) is 0 Å². The van der Waals surface area contributed by atoms with E-state index in [9.17, 15) is 19.2 Å². The number of cyclic esters (lactones) is 1.